The van der Waals surface area contributed by atoms with Gasteiger partial charge in [-0.2, -0.15) is 0 Å². The van der Waals surface area contributed by atoms with Gasteiger partial charge in [0.05, 0.1) is 14.1 Å². The molecule has 0 spiro atoms. The Morgan fingerprint density at radius 3 is 2.47 bits per heavy atom. The van der Waals surface area contributed by atoms with Crippen molar-refractivity contribution in [3.8, 4) is 11.3 Å². The Balaban J connectivity index is 2.31. The molecule has 19 heavy (non-hydrogen) atoms. The zero-order valence-electron chi connectivity index (χ0n) is 9.67. The highest BCUT2D eigenvalue weighted by molar-refractivity contribution is 14.1. The molecular formula is C14H8INO3. The molecule has 0 bridgehead atoms. The summed E-state index contributed by atoms with van der Waals surface area (Å²) in [6.45, 7) is 0. The highest BCUT2D eigenvalue weighted by atomic mass is 127. The van der Waals surface area contributed by atoms with E-state index in [1.807, 2.05) is 24.3 Å². The molecule has 0 aliphatic rings. The Morgan fingerprint density at radius 1 is 1.05 bits per heavy atom. The Bertz CT molecular complexity index is 779. The molecule has 0 unspecified atom stereocenters. The summed E-state index contributed by atoms with van der Waals surface area (Å²) in [5, 5.41) is 12.1. The van der Waals surface area contributed by atoms with Crippen LogP contribution in [-0.4, -0.2) is 4.92 Å². The van der Waals surface area contributed by atoms with E-state index >= 15 is 0 Å². The highest BCUT2D eigenvalue weighted by Gasteiger charge is 2.21. The average molecular weight is 365 g/mol. The lowest BCUT2D eigenvalue weighted by Gasteiger charge is -1.99. The molecule has 3 aromatic rings. The zero-order valence-corrected chi connectivity index (χ0v) is 11.8. The van der Waals surface area contributed by atoms with E-state index < -0.39 is 4.92 Å². The fourth-order valence-electron chi connectivity index (χ4n) is 2.01. The lowest BCUT2D eigenvalue weighted by atomic mass is 10.1. The van der Waals surface area contributed by atoms with Gasteiger partial charge in [-0.05, 0) is 34.7 Å². The Labute approximate surface area is 122 Å². The number of fused-ring (bicyclic) bond motifs is 1. The standard InChI is InChI=1S/C14H8INO3/c15-13-10-6-2-4-8-12(10)19-14(13)9-5-1-3-7-11(9)16(17)18/h1-8H. The minimum atomic E-state index is -0.390. The van der Waals surface area contributed by atoms with Crippen molar-refractivity contribution in [3.05, 3.63) is 62.2 Å². The smallest absolute Gasteiger partial charge is 0.280 e. The van der Waals surface area contributed by atoms with Gasteiger partial charge in [0.1, 0.15) is 5.58 Å². The molecule has 94 valence electrons. The van der Waals surface area contributed by atoms with Crippen LogP contribution < -0.4 is 0 Å². The lowest BCUT2D eigenvalue weighted by molar-refractivity contribution is -0.384. The monoisotopic (exact) mass is 365 g/mol. The Kier molecular flexibility index (Phi) is 2.98. The molecule has 1 heterocycles. The first kappa shape index (κ1) is 12.2. The van der Waals surface area contributed by atoms with Crippen LogP contribution in [0.4, 0.5) is 5.69 Å². The first-order valence-electron chi connectivity index (χ1n) is 5.59. The maximum atomic E-state index is 11.1. The van der Waals surface area contributed by atoms with Crippen molar-refractivity contribution in [2.75, 3.05) is 0 Å². The summed E-state index contributed by atoms with van der Waals surface area (Å²) in [7, 11) is 0. The Morgan fingerprint density at radius 2 is 1.74 bits per heavy atom. The first-order valence-corrected chi connectivity index (χ1v) is 6.67. The number of rotatable bonds is 2. The summed E-state index contributed by atoms with van der Waals surface area (Å²) in [6.07, 6.45) is 0. The van der Waals surface area contributed by atoms with Crippen LogP contribution in [0.15, 0.2) is 52.9 Å². The van der Waals surface area contributed by atoms with Crippen LogP contribution >= 0.6 is 22.6 Å². The molecule has 0 N–H and O–H groups in total. The van der Waals surface area contributed by atoms with E-state index in [0.29, 0.717) is 11.3 Å². The van der Waals surface area contributed by atoms with Gasteiger partial charge in [-0.25, -0.2) is 0 Å². The molecule has 0 saturated carbocycles. The molecule has 0 amide bonds. The van der Waals surface area contributed by atoms with E-state index in [1.165, 1.54) is 6.07 Å². The average Bonchev–Trinajstić information content (AvgIpc) is 2.76. The van der Waals surface area contributed by atoms with E-state index in [9.17, 15) is 10.1 Å². The largest absolute Gasteiger partial charge is 0.455 e. The van der Waals surface area contributed by atoms with Crippen molar-refractivity contribution < 1.29 is 9.34 Å². The third-order valence-electron chi connectivity index (χ3n) is 2.88. The second kappa shape index (κ2) is 4.65. The van der Waals surface area contributed by atoms with Crippen LogP contribution in [0.25, 0.3) is 22.3 Å². The number of hydrogen-bond acceptors (Lipinski definition) is 3. The van der Waals surface area contributed by atoms with E-state index in [0.717, 1.165) is 14.5 Å². The summed E-state index contributed by atoms with van der Waals surface area (Å²) in [4.78, 5) is 10.7. The number of furan rings is 1. The SMILES string of the molecule is O=[N+]([O-])c1ccccc1-c1oc2ccccc2c1I. The second-order valence-corrected chi connectivity index (χ2v) is 5.09. The maximum Gasteiger partial charge on any atom is 0.280 e. The summed E-state index contributed by atoms with van der Waals surface area (Å²) < 4.78 is 6.65. The summed E-state index contributed by atoms with van der Waals surface area (Å²) >= 11 is 2.16. The van der Waals surface area contributed by atoms with Gasteiger partial charge in [0.2, 0.25) is 0 Å². The van der Waals surface area contributed by atoms with Gasteiger partial charge in [-0.15, -0.1) is 0 Å². The Hall–Kier alpha value is -1.89. The minimum Gasteiger partial charge on any atom is -0.455 e. The predicted molar refractivity (Wildman–Crippen MR) is 81.0 cm³/mol. The van der Waals surface area contributed by atoms with Crippen molar-refractivity contribution in [1.29, 1.82) is 0 Å². The number of hydrogen-bond donors (Lipinski definition) is 0. The molecule has 2 aromatic carbocycles. The number of nitro groups is 1. The first-order chi connectivity index (χ1) is 9.18. The fourth-order valence-corrected chi connectivity index (χ4v) is 2.86. The van der Waals surface area contributed by atoms with Crippen LogP contribution in [0.1, 0.15) is 0 Å². The highest BCUT2D eigenvalue weighted by Crippen LogP contribution is 2.38. The van der Waals surface area contributed by atoms with Gasteiger partial charge in [-0.3, -0.25) is 10.1 Å². The van der Waals surface area contributed by atoms with Gasteiger partial charge in [0.15, 0.2) is 5.76 Å². The van der Waals surface area contributed by atoms with E-state index in [4.69, 9.17) is 4.42 Å². The van der Waals surface area contributed by atoms with Crippen molar-refractivity contribution in [2.24, 2.45) is 0 Å². The molecule has 5 heteroatoms. The summed E-state index contributed by atoms with van der Waals surface area (Å²) in [5.41, 5.74) is 1.30. The minimum absolute atomic E-state index is 0.0551. The number of benzene rings is 2. The molecule has 0 saturated heterocycles. The van der Waals surface area contributed by atoms with E-state index in [1.54, 1.807) is 18.2 Å². The number of halogens is 1. The van der Waals surface area contributed by atoms with Crippen molar-refractivity contribution in [1.82, 2.24) is 0 Å². The van der Waals surface area contributed by atoms with Crippen LogP contribution in [-0.2, 0) is 0 Å². The van der Waals surface area contributed by atoms with E-state index in [-0.39, 0.29) is 5.69 Å². The normalized spacial score (nSPS) is 10.8. The molecule has 0 fully saturated rings. The summed E-state index contributed by atoms with van der Waals surface area (Å²) in [6, 6.07) is 14.2. The van der Waals surface area contributed by atoms with Crippen molar-refractivity contribution in [3.63, 3.8) is 0 Å². The van der Waals surface area contributed by atoms with Crippen molar-refractivity contribution in [2.45, 2.75) is 0 Å². The molecule has 3 rings (SSSR count). The van der Waals surface area contributed by atoms with Gasteiger partial charge in [0.25, 0.3) is 5.69 Å². The third kappa shape index (κ3) is 1.99. The van der Waals surface area contributed by atoms with Crippen LogP contribution in [0.3, 0.4) is 0 Å². The van der Waals surface area contributed by atoms with Crippen LogP contribution in [0.2, 0.25) is 0 Å². The van der Waals surface area contributed by atoms with E-state index in [2.05, 4.69) is 22.6 Å². The molecular weight excluding hydrogens is 357 g/mol. The summed E-state index contributed by atoms with van der Waals surface area (Å²) in [5.74, 6) is 0.550. The number of nitrogens with zero attached hydrogens (tertiary/aromatic N) is 1. The number of nitro benzene ring substituents is 1. The molecule has 0 atom stereocenters. The quantitative estimate of drug-likeness (QED) is 0.379. The van der Waals surface area contributed by atoms with Gasteiger partial charge < -0.3 is 4.42 Å². The molecule has 0 radical (unpaired) electrons. The predicted octanol–water partition coefficient (Wildman–Crippen LogP) is 4.61. The number of para-hydroxylation sites is 2. The zero-order chi connectivity index (χ0) is 13.4. The van der Waals surface area contributed by atoms with Gasteiger partial charge >= 0.3 is 0 Å². The third-order valence-corrected chi connectivity index (χ3v) is 3.95. The lowest BCUT2D eigenvalue weighted by Crippen LogP contribution is -1.91. The van der Waals surface area contributed by atoms with Gasteiger partial charge in [-0.1, -0.05) is 30.3 Å². The van der Waals surface area contributed by atoms with Crippen LogP contribution in [0, 0.1) is 13.7 Å². The molecule has 4 nitrogen and oxygen atoms in total. The fraction of sp³-hybridized carbons (Fsp3) is 0. The molecule has 1 aromatic heterocycles. The molecule has 0 aliphatic carbocycles. The second-order valence-electron chi connectivity index (χ2n) is 4.02. The topological polar surface area (TPSA) is 56.3 Å². The molecule has 0 aliphatic heterocycles. The van der Waals surface area contributed by atoms with Gasteiger partial charge in [0, 0.05) is 11.5 Å². The van der Waals surface area contributed by atoms with Crippen molar-refractivity contribution >= 4 is 39.2 Å². The maximum absolute atomic E-state index is 11.1. The van der Waals surface area contributed by atoms with Crippen LogP contribution in [0.5, 0.6) is 0 Å².